The van der Waals surface area contributed by atoms with E-state index in [1.165, 1.54) is 0 Å². The maximum absolute atomic E-state index is 5.88. The van der Waals surface area contributed by atoms with Crippen LogP contribution in [0.3, 0.4) is 0 Å². The Morgan fingerprint density at radius 1 is 1.44 bits per heavy atom. The van der Waals surface area contributed by atoms with Crippen LogP contribution in [0.5, 0.6) is 5.75 Å². The van der Waals surface area contributed by atoms with Gasteiger partial charge in [0.2, 0.25) is 0 Å². The molecule has 0 saturated heterocycles. The SMILES string of the molecule is CNCc1cccc(Br)c1OCc1csc(C)n1. The normalized spacial score (nSPS) is 10.6. The Labute approximate surface area is 119 Å². The minimum Gasteiger partial charge on any atom is -0.486 e. The van der Waals surface area contributed by atoms with Gasteiger partial charge in [-0.25, -0.2) is 4.98 Å². The molecule has 0 radical (unpaired) electrons. The summed E-state index contributed by atoms with van der Waals surface area (Å²) >= 11 is 5.17. The second-order valence-electron chi connectivity index (χ2n) is 3.90. The predicted octanol–water partition coefficient (Wildman–Crippen LogP) is 3.51. The van der Waals surface area contributed by atoms with E-state index in [2.05, 4.69) is 32.3 Å². The zero-order chi connectivity index (χ0) is 13.0. The molecule has 1 heterocycles. The smallest absolute Gasteiger partial charge is 0.138 e. The Hall–Kier alpha value is -0.910. The molecule has 0 amide bonds. The summed E-state index contributed by atoms with van der Waals surface area (Å²) in [6.07, 6.45) is 0. The minimum absolute atomic E-state index is 0.504. The first kappa shape index (κ1) is 13.5. The number of nitrogens with zero attached hydrogens (tertiary/aromatic N) is 1. The maximum Gasteiger partial charge on any atom is 0.138 e. The first-order chi connectivity index (χ1) is 8.70. The monoisotopic (exact) mass is 326 g/mol. The second-order valence-corrected chi connectivity index (χ2v) is 5.82. The molecule has 0 aliphatic heterocycles. The number of nitrogens with one attached hydrogen (secondary N) is 1. The molecule has 0 atom stereocenters. The van der Waals surface area contributed by atoms with E-state index in [9.17, 15) is 0 Å². The van der Waals surface area contributed by atoms with Gasteiger partial charge in [0.15, 0.2) is 0 Å². The first-order valence-electron chi connectivity index (χ1n) is 5.66. The number of rotatable bonds is 5. The van der Waals surface area contributed by atoms with Gasteiger partial charge in [-0.1, -0.05) is 12.1 Å². The van der Waals surface area contributed by atoms with Crippen molar-refractivity contribution in [3.05, 3.63) is 44.3 Å². The van der Waals surface area contributed by atoms with E-state index in [4.69, 9.17) is 4.74 Å². The maximum atomic E-state index is 5.88. The molecule has 0 aliphatic carbocycles. The van der Waals surface area contributed by atoms with Crippen LogP contribution in [0, 0.1) is 6.92 Å². The molecule has 96 valence electrons. The molecule has 0 aliphatic rings. The number of benzene rings is 1. The van der Waals surface area contributed by atoms with Gasteiger partial charge in [-0.05, 0) is 36.0 Å². The van der Waals surface area contributed by atoms with Crippen molar-refractivity contribution in [3.8, 4) is 5.75 Å². The van der Waals surface area contributed by atoms with Crippen LogP contribution in [-0.2, 0) is 13.2 Å². The Morgan fingerprint density at radius 3 is 2.94 bits per heavy atom. The summed E-state index contributed by atoms with van der Waals surface area (Å²) in [5.74, 6) is 0.887. The Morgan fingerprint density at radius 2 is 2.28 bits per heavy atom. The van der Waals surface area contributed by atoms with Gasteiger partial charge in [0.1, 0.15) is 12.4 Å². The number of hydrogen-bond acceptors (Lipinski definition) is 4. The highest BCUT2D eigenvalue weighted by Crippen LogP contribution is 2.29. The van der Waals surface area contributed by atoms with Gasteiger partial charge in [0, 0.05) is 17.5 Å². The molecule has 3 nitrogen and oxygen atoms in total. The Balaban J connectivity index is 2.12. The van der Waals surface area contributed by atoms with Crippen molar-refractivity contribution in [2.24, 2.45) is 0 Å². The molecular weight excluding hydrogens is 312 g/mol. The molecule has 0 spiro atoms. The van der Waals surface area contributed by atoms with Crippen LogP contribution in [0.1, 0.15) is 16.3 Å². The molecule has 0 saturated carbocycles. The molecule has 2 aromatic rings. The lowest BCUT2D eigenvalue weighted by molar-refractivity contribution is 0.296. The van der Waals surface area contributed by atoms with Crippen molar-refractivity contribution in [1.29, 1.82) is 0 Å². The molecule has 18 heavy (non-hydrogen) atoms. The minimum atomic E-state index is 0.504. The van der Waals surface area contributed by atoms with Gasteiger partial charge in [0.25, 0.3) is 0 Å². The molecule has 0 bridgehead atoms. The van der Waals surface area contributed by atoms with Crippen molar-refractivity contribution < 1.29 is 4.74 Å². The molecule has 2 rings (SSSR count). The van der Waals surface area contributed by atoms with Crippen LogP contribution in [0.4, 0.5) is 0 Å². The van der Waals surface area contributed by atoms with Crippen LogP contribution >= 0.6 is 27.3 Å². The van der Waals surface area contributed by atoms with Crippen molar-refractivity contribution in [2.75, 3.05) is 7.05 Å². The largest absolute Gasteiger partial charge is 0.486 e. The van der Waals surface area contributed by atoms with Crippen LogP contribution in [0.25, 0.3) is 0 Å². The van der Waals surface area contributed by atoms with Crippen molar-refractivity contribution >= 4 is 27.3 Å². The summed E-state index contributed by atoms with van der Waals surface area (Å²) in [7, 11) is 1.93. The van der Waals surface area contributed by atoms with E-state index >= 15 is 0 Å². The molecule has 1 aromatic carbocycles. The topological polar surface area (TPSA) is 34.1 Å². The molecule has 1 N–H and O–H groups in total. The standard InChI is InChI=1S/C13H15BrN2OS/c1-9-16-11(8-18-9)7-17-13-10(6-15-2)4-3-5-12(13)14/h3-5,8,15H,6-7H2,1-2H3. The highest BCUT2D eigenvalue weighted by molar-refractivity contribution is 9.10. The lowest BCUT2D eigenvalue weighted by Crippen LogP contribution is -2.08. The number of hydrogen-bond donors (Lipinski definition) is 1. The summed E-state index contributed by atoms with van der Waals surface area (Å²) in [6.45, 7) is 3.29. The molecule has 0 unspecified atom stereocenters. The Kier molecular flexibility index (Phi) is 4.74. The molecule has 0 fully saturated rings. The predicted molar refractivity (Wildman–Crippen MR) is 78.1 cm³/mol. The number of para-hydroxylation sites is 1. The molecule has 5 heteroatoms. The number of thiazole rings is 1. The first-order valence-corrected chi connectivity index (χ1v) is 7.33. The van der Waals surface area contributed by atoms with E-state index < -0.39 is 0 Å². The molecule has 1 aromatic heterocycles. The summed E-state index contributed by atoms with van der Waals surface area (Å²) in [5.41, 5.74) is 2.11. The van der Waals surface area contributed by atoms with E-state index in [1.54, 1.807) is 11.3 Å². The average Bonchev–Trinajstić information content (AvgIpc) is 2.75. The van der Waals surface area contributed by atoms with Crippen LogP contribution in [0.2, 0.25) is 0 Å². The van der Waals surface area contributed by atoms with Gasteiger partial charge < -0.3 is 10.1 Å². The van der Waals surface area contributed by atoms with Gasteiger partial charge in [-0.15, -0.1) is 11.3 Å². The van der Waals surface area contributed by atoms with Gasteiger partial charge in [0.05, 0.1) is 15.2 Å². The van der Waals surface area contributed by atoms with Crippen molar-refractivity contribution in [3.63, 3.8) is 0 Å². The summed E-state index contributed by atoms with van der Waals surface area (Å²) < 4.78 is 6.85. The van der Waals surface area contributed by atoms with Gasteiger partial charge >= 0.3 is 0 Å². The third kappa shape index (κ3) is 3.31. The Bertz CT molecular complexity index is 527. The van der Waals surface area contributed by atoms with E-state index in [-0.39, 0.29) is 0 Å². The summed E-state index contributed by atoms with van der Waals surface area (Å²) in [5, 5.41) is 6.24. The lowest BCUT2D eigenvalue weighted by Gasteiger charge is -2.12. The molecular formula is C13H15BrN2OS. The van der Waals surface area contributed by atoms with Crippen molar-refractivity contribution in [1.82, 2.24) is 10.3 Å². The fourth-order valence-corrected chi connectivity index (χ4v) is 2.78. The van der Waals surface area contributed by atoms with E-state index in [0.29, 0.717) is 6.61 Å². The number of halogens is 1. The van der Waals surface area contributed by atoms with Crippen molar-refractivity contribution in [2.45, 2.75) is 20.1 Å². The van der Waals surface area contributed by atoms with Crippen LogP contribution in [0.15, 0.2) is 28.1 Å². The zero-order valence-corrected chi connectivity index (χ0v) is 12.8. The van der Waals surface area contributed by atoms with Crippen LogP contribution < -0.4 is 10.1 Å². The fourth-order valence-electron chi connectivity index (χ4n) is 1.67. The third-order valence-corrected chi connectivity index (χ3v) is 3.89. The van der Waals surface area contributed by atoms with E-state index in [1.807, 2.05) is 31.5 Å². The van der Waals surface area contributed by atoms with Crippen LogP contribution in [-0.4, -0.2) is 12.0 Å². The number of ether oxygens (including phenoxy) is 1. The average molecular weight is 327 g/mol. The lowest BCUT2D eigenvalue weighted by atomic mass is 10.2. The quantitative estimate of drug-likeness (QED) is 0.912. The zero-order valence-electron chi connectivity index (χ0n) is 10.4. The van der Waals surface area contributed by atoms with E-state index in [0.717, 1.165) is 33.0 Å². The van der Waals surface area contributed by atoms with Gasteiger partial charge in [-0.2, -0.15) is 0 Å². The number of aromatic nitrogens is 1. The summed E-state index contributed by atoms with van der Waals surface area (Å²) in [4.78, 5) is 4.39. The summed E-state index contributed by atoms with van der Waals surface area (Å²) in [6, 6.07) is 6.06. The highest BCUT2D eigenvalue weighted by Gasteiger charge is 2.08. The fraction of sp³-hybridized carbons (Fsp3) is 0.308. The van der Waals surface area contributed by atoms with Gasteiger partial charge in [-0.3, -0.25) is 0 Å². The number of aryl methyl sites for hydroxylation is 1. The third-order valence-electron chi connectivity index (χ3n) is 2.45. The highest BCUT2D eigenvalue weighted by atomic mass is 79.9. The second kappa shape index (κ2) is 6.31.